The van der Waals surface area contributed by atoms with Crippen LogP contribution in [0.3, 0.4) is 0 Å². The molecular weight excluding hydrogens is 345 g/mol. The standard InChI is InChI=1S/C18H15Cl2N3O/c1-2-8-24-14-6-5-12(19)17(20)16(14)11-9-15-22-13-4-3-7-21-18(13)23(15)10-11/h2-7,11H,1,8-10H2. The van der Waals surface area contributed by atoms with Crippen LogP contribution in [0.25, 0.3) is 11.2 Å². The predicted octanol–water partition coefficient (Wildman–Crippen LogP) is 4.64. The number of halogens is 2. The van der Waals surface area contributed by atoms with E-state index in [9.17, 15) is 0 Å². The zero-order valence-corrected chi connectivity index (χ0v) is 14.4. The van der Waals surface area contributed by atoms with Crippen LogP contribution < -0.4 is 4.74 Å². The van der Waals surface area contributed by atoms with Crippen molar-refractivity contribution in [3.63, 3.8) is 0 Å². The van der Waals surface area contributed by atoms with E-state index in [0.717, 1.165) is 41.3 Å². The van der Waals surface area contributed by atoms with Gasteiger partial charge in [-0.15, -0.1) is 0 Å². The molecular formula is C18H15Cl2N3O. The zero-order chi connectivity index (χ0) is 16.7. The van der Waals surface area contributed by atoms with Crippen LogP contribution in [0.15, 0.2) is 43.1 Å². The summed E-state index contributed by atoms with van der Waals surface area (Å²) in [6, 6.07) is 7.51. The lowest BCUT2D eigenvalue weighted by Crippen LogP contribution is -2.07. The molecule has 24 heavy (non-hydrogen) atoms. The number of pyridine rings is 1. The van der Waals surface area contributed by atoms with E-state index in [-0.39, 0.29) is 5.92 Å². The summed E-state index contributed by atoms with van der Waals surface area (Å²) in [6.07, 6.45) is 4.28. The average molecular weight is 360 g/mol. The normalized spacial score (nSPS) is 16.3. The first-order valence-electron chi connectivity index (χ1n) is 7.70. The summed E-state index contributed by atoms with van der Waals surface area (Å²) < 4.78 is 7.94. The molecule has 0 fully saturated rings. The number of hydrogen-bond acceptors (Lipinski definition) is 3. The van der Waals surface area contributed by atoms with Crippen molar-refractivity contribution < 1.29 is 4.74 Å². The second-order valence-corrected chi connectivity index (χ2v) is 6.54. The summed E-state index contributed by atoms with van der Waals surface area (Å²) in [5.74, 6) is 1.92. The minimum Gasteiger partial charge on any atom is -0.489 e. The summed E-state index contributed by atoms with van der Waals surface area (Å²) in [4.78, 5) is 9.13. The van der Waals surface area contributed by atoms with E-state index >= 15 is 0 Å². The Kier molecular flexibility index (Phi) is 3.94. The van der Waals surface area contributed by atoms with Crippen LogP contribution in [-0.2, 0) is 13.0 Å². The molecule has 0 N–H and O–H groups in total. The van der Waals surface area contributed by atoms with Gasteiger partial charge in [-0.2, -0.15) is 0 Å². The molecule has 122 valence electrons. The highest BCUT2D eigenvalue weighted by Gasteiger charge is 2.31. The molecule has 0 amide bonds. The van der Waals surface area contributed by atoms with Crippen LogP contribution in [0.5, 0.6) is 5.75 Å². The van der Waals surface area contributed by atoms with Gasteiger partial charge in [0.05, 0.1) is 10.0 Å². The minimum absolute atomic E-state index is 0.157. The molecule has 1 aliphatic rings. The molecule has 2 aromatic heterocycles. The molecule has 0 aliphatic carbocycles. The van der Waals surface area contributed by atoms with Crippen LogP contribution >= 0.6 is 23.2 Å². The lowest BCUT2D eigenvalue weighted by molar-refractivity contribution is 0.356. The van der Waals surface area contributed by atoms with Gasteiger partial charge >= 0.3 is 0 Å². The van der Waals surface area contributed by atoms with Crippen LogP contribution in [0.4, 0.5) is 0 Å². The first kappa shape index (κ1) is 15.5. The third-order valence-electron chi connectivity index (χ3n) is 4.27. The van der Waals surface area contributed by atoms with Gasteiger partial charge in [0, 0.05) is 30.6 Å². The Hall–Kier alpha value is -2.04. The van der Waals surface area contributed by atoms with Crippen LogP contribution in [0, 0.1) is 0 Å². The molecule has 4 nitrogen and oxygen atoms in total. The average Bonchev–Trinajstić information content (AvgIpc) is 3.13. The summed E-state index contributed by atoms with van der Waals surface area (Å²) in [7, 11) is 0. The molecule has 0 saturated heterocycles. The number of hydrogen-bond donors (Lipinski definition) is 0. The monoisotopic (exact) mass is 359 g/mol. The van der Waals surface area contributed by atoms with Crippen LogP contribution in [-0.4, -0.2) is 21.1 Å². The molecule has 4 rings (SSSR count). The molecule has 0 bridgehead atoms. The first-order chi connectivity index (χ1) is 11.7. The minimum atomic E-state index is 0.157. The van der Waals surface area contributed by atoms with Crippen molar-refractivity contribution in [2.45, 2.75) is 18.9 Å². The topological polar surface area (TPSA) is 39.9 Å². The van der Waals surface area contributed by atoms with E-state index in [2.05, 4.69) is 21.1 Å². The fraction of sp³-hybridized carbons (Fsp3) is 0.222. The molecule has 1 aromatic carbocycles. The van der Waals surface area contributed by atoms with E-state index in [4.69, 9.17) is 27.9 Å². The molecule has 0 radical (unpaired) electrons. The third kappa shape index (κ3) is 2.46. The maximum atomic E-state index is 6.50. The molecule has 0 saturated carbocycles. The van der Waals surface area contributed by atoms with E-state index in [1.165, 1.54) is 0 Å². The van der Waals surface area contributed by atoms with Crippen molar-refractivity contribution in [2.75, 3.05) is 6.61 Å². The molecule has 1 aliphatic heterocycles. The maximum absolute atomic E-state index is 6.50. The quantitative estimate of drug-likeness (QED) is 0.636. The number of imidazole rings is 1. The van der Waals surface area contributed by atoms with Gasteiger partial charge in [-0.1, -0.05) is 35.9 Å². The van der Waals surface area contributed by atoms with Gasteiger partial charge in [-0.25, -0.2) is 9.97 Å². The predicted molar refractivity (Wildman–Crippen MR) is 96.1 cm³/mol. The summed E-state index contributed by atoms with van der Waals surface area (Å²) in [6.45, 7) is 4.88. The Morgan fingerprint density at radius 1 is 1.33 bits per heavy atom. The lowest BCUT2D eigenvalue weighted by atomic mass is 9.96. The highest BCUT2D eigenvalue weighted by molar-refractivity contribution is 6.42. The molecule has 0 spiro atoms. The molecule has 3 aromatic rings. The van der Waals surface area contributed by atoms with E-state index in [1.54, 1.807) is 18.3 Å². The maximum Gasteiger partial charge on any atom is 0.160 e. The van der Waals surface area contributed by atoms with Gasteiger partial charge in [-0.05, 0) is 24.3 Å². The smallest absolute Gasteiger partial charge is 0.160 e. The third-order valence-corrected chi connectivity index (χ3v) is 5.09. The van der Waals surface area contributed by atoms with Crippen molar-refractivity contribution >= 4 is 34.4 Å². The number of aromatic nitrogens is 3. The Morgan fingerprint density at radius 3 is 3.04 bits per heavy atom. The van der Waals surface area contributed by atoms with Crippen molar-refractivity contribution in [1.29, 1.82) is 0 Å². The van der Waals surface area contributed by atoms with Crippen LogP contribution in [0.1, 0.15) is 17.3 Å². The molecule has 3 heterocycles. The molecule has 1 unspecified atom stereocenters. The Bertz CT molecular complexity index is 935. The number of fused-ring (bicyclic) bond motifs is 3. The fourth-order valence-corrected chi connectivity index (χ4v) is 3.73. The number of rotatable bonds is 4. The van der Waals surface area contributed by atoms with Gasteiger partial charge in [0.2, 0.25) is 0 Å². The summed E-state index contributed by atoms with van der Waals surface area (Å²) in [5, 5.41) is 1.08. The van der Waals surface area contributed by atoms with Crippen molar-refractivity contribution in [1.82, 2.24) is 14.5 Å². The largest absolute Gasteiger partial charge is 0.489 e. The van der Waals surface area contributed by atoms with E-state index in [1.807, 2.05) is 18.2 Å². The Morgan fingerprint density at radius 2 is 2.21 bits per heavy atom. The zero-order valence-electron chi connectivity index (χ0n) is 12.9. The van der Waals surface area contributed by atoms with Crippen molar-refractivity contribution in [3.8, 4) is 5.75 Å². The fourth-order valence-electron chi connectivity index (χ4n) is 3.26. The first-order valence-corrected chi connectivity index (χ1v) is 8.46. The number of nitrogens with zero attached hydrogens (tertiary/aromatic N) is 3. The van der Waals surface area contributed by atoms with Crippen molar-refractivity contribution in [3.05, 3.63) is 64.6 Å². The number of ether oxygens (including phenoxy) is 1. The number of benzene rings is 1. The van der Waals surface area contributed by atoms with Gasteiger partial charge in [0.25, 0.3) is 0 Å². The van der Waals surface area contributed by atoms with Gasteiger partial charge in [-0.3, -0.25) is 0 Å². The highest BCUT2D eigenvalue weighted by atomic mass is 35.5. The highest BCUT2D eigenvalue weighted by Crippen LogP contribution is 2.43. The van der Waals surface area contributed by atoms with Gasteiger partial charge in [0.15, 0.2) is 5.65 Å². The lowest BCUT2D eigenvalue weighted by Gasteiger charge is -2.18. The van der Waals surface area contributed by atoms with E-state index < -0.39 is 0 Å². The van der Waals surface area contributed by atoms with E-state index in [0.29, 0.717) is 16.7 Å². The Balaban J connectivity index is 1.74. The summed E-state index contributed by atoms with van der Waals surface area (Å²) >= 11 is 12.7. The second kappa shape index (κ2) is 6.11. The molecule has 6 heteroatoms. The second-order valence-electron chi connectivity index (χ2n) is 5.76. The SMILES string of the molecule is C=CCOc1ccc(Cl)c(Cl)c1C1Cc2nc3cccnc3n2C1. The van der Waals surface area contributed by atoms with Gasteiger partial charge in [0.1, 0.15) is 23.7 Å². The van der Waals surface area contributed by atoms with Crippen LogP contribution in [0.2, 0.25) is 10.0 Å². The van der Waals surface area contributed by atoms with Crippen molar-refractivity contribution in [2.24, 2.45) is 0 Å². The van der Waals surface area contributed by atoms with Gasteiger partial charge < -0.3 is 9.30 Å². The summed E-state index contributed by atoms with van der Waals surface area (Å²) in [5.41, 5.74) is 2.76. The Labute approximate surface area is 149 Å². The molecule has 1 atom stereocenters.